The van der Waals surface area contributed by atoms with Crippen LogP contribution in [0.3, 0.4) is 0 Å². The van der Waals surface area contributed by atoms with Gasteiger partial charge < -0.3 is 24.7 Å². The number of aromatic amines is 1. The molecule has 2 aromatic carbocycles. The van der Waals surface area contributed by atoms with Crippen LogP contribution in [0.5, 0.6) is 11.5 Å². The van der Waals surface area contributed by atoms with Gasteiger partial charge in [-0.1, -0.05) is 6.07 Å². The van der Waals surface area contributed by atoms with Crippen molar-refractivity contribution in [3.63, 3.8) is 0 Å². The van der Waals surface area contributed by atoms with Gasteiger partial charge in [0.15, 0.2) is 0 Å². The molecule has 1 aliphatic rings. The average molecular weight is 550 g/mol. The van der Waals surface area contributed by atoms with E-state index in [-0.39, 0.29) is 36.0 Å². The van der Waals surface area contributed by atoms with Gasteiger partial charge in [0.25, 0.3) is 11.5 Å². The molecule has 0 atom stereocenters. The Morgan fingerprint density at radius 2 is 1.80 bits per heavy atom. The van der Waals surface area contributed by atoms with Crippen molar-refractivity contribution >= 4 is 16.8 Å². The number of carbonyl (C=O) groups is 1. The van der Waals surface area contributed by atoms with Gasteiger partial charge in [-0.25, -0.2) is 8.78 Å². The topological polar surface area (TPSA) is 96.3 Å². The number of hydrogen-bond acceptors (Lipinski definition) is 4. The average Bonchev–Trinajstić information content (AvgIpc) is 3.28. The van der Waals surface area contributed by atoms with E-state index in [9.17, 15) is 23.5 Å². The number of amides is 1. The molecule has 0 unspecified atom stereocenters. The van der Waals surface area contributed by atoms with E-state index in [0.717, 1.165) is 0 Å². The number of ether oxygens (including phenoxy) is 1. The number of pyridine rings is 1. The Morgan fingerprint density at radius 1 is 1.15 bits per heavy atom. The smallest absolute Gasteiger partial charge is 0.267 e. The summed E-state index contributed by atoms with van der Waals surface area (Å²) in [5.74, 6) is 0.119. The van der Waals surface area contributed by atoms with Gasteiger partial charge in [-0.3, -0.25) is 9.59 Å². The van der Waals surface area contributed by atoms with Gasteiger partial charge >= 0.3 is 0 Å². The molecule has 1 amide bonds. The summed E-state index contributed by atoms with van der Waals surface area (Å²) in [6.07, 6.45) is 2.11. The Hall–Kier alpha value is -3.98. The highest BCUT2D eigenvalue weighted by Crippen LogP contribution is 2.41. The summed E-state index contributed by atoms with van der Waals surface area (Å²) in [5, 5.41) is 13.9. The Kier molecular flexibility index (Phi) is 6.61. The molecule has 2 aromatic heterocycles. The van der Waals surface area contributed by atoms with Crippen molar-refractivity contribution in [2.75, 3.05) is 0 Å². The second-order valence-corrected chi connectivity index (χ2v) is 11.7. The largest absolute Gasteiger partial charge is 0.456 e. The third kappa shape index (κ3) is 5.13. The molecule has 0 radical (unpaired) electrons. The number of aromatic nitrogens is 2. The fourth-order valence-electron chi connectivity index (χ4n) is 5.38. The molecule has 1 saturated carbocycles. The summed E-state index contributed by atoms with van der Waals surface area (Å²) < 4.78 is 35.7. The van der Waals surface area contributed by atoms with E-state index in [1.807, 2.05) is 0 Å². The zero-order valence-electron chi connectivity index (χ0n) is 23.4. The van der Waals surface area contributed by atoms with Crippen molar-refractivity contribution in [1.29, 1.82) is 0 Å². The van der Waals surface area contributed by atoms with Crippen molar-refractivity contribution in [2.24, 2.45) is 7.05 Å². The second kappa shape index (κ2) is 9.59. The number of aryl methyl sites for hydroxylation is 3. The number of benzene rings is 2. The zero-order chi connectivity index (χ0) is 29.1. The minimum absolute atomic E-state index is 0.179. The van der Waals surface area contributed by atoms with Gasteiger partial charge in [0.2, 0.25) is 0 Å². The lowest BCUT2D eigenvalue weighted by molar-refractivity contribution is 0.0443. The van der Waals surface area contributed by atoms with Crippen molar-refractivity contribution in [3.8, 4) is 22.6 Å². The molecule has 4 aromatic rings. The second-order valence-electron chi connectivity index (χ2n) is 11.7. The van der Waals surface area contributed by atoms with Crippen molar-refractivity contribution in [2.45, 2.75) is 64.8 Å². The molecular formula is C31H33F2N3O4. The highest BCUT2D eigenvalue weighted by Gasteiger charge is 2.41. The molecule has 0 spiro atoms. The van der Waals surface area contributed by atoms with E-state index in [1.165, 1.54) is 29.7 Å². The summed E-state index contributed by atoms with van der Waals surface area (Å²) in [6, 6.07) is 9.25. The van der Waals surface area contributed by atoms with E-state index < -0.39 is 17.2 Å². The fraction of sp³-hybridized carbons (Fsp3) is 0.355. The van der Waals surface area contributed by atoms with Gasteiger partial charge in [0.1, 0.15) is 28.7 Å². The van der Waals surface area contributed by atoms with Crippen LogP contribution >= 0.6 is 0 Å². The van der Waals surface area contributed by atoms with Gasteiger partial charge in [-0.05, 0) is 81.6 Å². The Balaban J connectivity index is 1.65. The van der Waals surface area contributed by atoms with Crippen LogP contribution in [0.2, 0.25) is 0 Å². The van der Waals surface area contributed by atoms with Crippen LogP contribution in [-0.4, -0.2) is 32.3 Å². The summed E-state index contributed by atoms with van der Waals surface area (Å²) in [4.78, 5) is 29.2. The fourth-order valence-corrected chi connectivity index (χ4v) is 5.38. The molecule has 1 aliphatic carbocycles. The molecule has 1 fully saturated rings. The normalized spacial score (nSPS) is 19.0. The number of H-pyrrole nitrogens is 1. The highest BCUT2D eigenvalue weighted by atomic mass is 19.1. The van der Waals surface area contributed by atoms with Crippen LogP contribution in [0.1, 0.15) is 60.8 Å². The monoisotopic (exact) mass is 549 g/mol. The molecule has 210 valence electrons. The maximum absolute atomic E-state index is 14.0. The number of halogens is 2. The molecule has 5 rings (SSSR count). The third-order valence-electron chi connectivity index (χ3n) is 7.50. The minimum Gasteiger partial charge on any atom is -0.456 e. The zero-order valence-corrected chi connectivity index (χ0v) is 23.4. The van der Waals surface area contributed by atoms with E-state index in [4.69, 9.17) is 4.74 Å². The lowest BCUT2D eigenvalue weighted by atomic mass is 9.79. The van der Waals surface area contributed by atoms with Crippen molar-refractivity contribution < 1.29 is 23.4 Å². The number of carbonyl (C=O) groups excluding carboxylic acids is 1. The Bertz CT molecular complexity index is 1680. The molecule has 9 heteroatoms. The van der Waals surface area contributed by atoms with Crippen LogP contribution in [0, 0.1) is 19.7 Å². The Labute approximate surface area is 230 Å². The van der Waals surface area contributed by atoms with Gasteiger partial charge in [-0.2, -0.15) is 0 Å². The maximum atomic E-state index is 14.0. The first-order chi connectivity index (χ1) is 18.6. The SMILES string of the molecule is Cc1cc(F)cc(C)c1Oc1ccc(C(C)(C)O)cc1-c1cn(C)c(=O)c2cc(C(=O)NC3CC(C)(F)C3)[nH]c12. The number of hydrogen-bond donors (Lipinski definition) is 3. The predicted octanol–water partition coefficient (Wildman–Crippen LogP) is 5.93. The summed E-state index contributed by atoms with van der Waals surface area (Å²) in [6.45, 7) is 8.34. The highest BCUT2D eigenvalue weighted by molar-refractivity contribution is 6.02. The van der Waals surface area contributed by atoms with E-state index in [0.29, 0.717) is 50.2 Å². The summed E-state index contributed by atoms with van der Waals surface area (Å²) >= 11 is 0. The maximum Gasteiger partial charge on any atom is 0.267 e. The number of alkyl halides is 1. The summed E-state index contributed by atoms with van der Waals surface area (Å²) in [7, 11) is 1.61. The molecule has 0 saturated heterocycles. The number of fused-ring (bicyclic) bond motifs is 1. The molecule has 0 bridgehead atoms. The van der Waals surface area contributed by atoms with Crippen LogP contribution < -0.4 is 15.6 Å². The first-order valence-electron chi connectivity index (χ1n) is 13.2. The lowest BCUT2D eigenvalue weighted by Gasteiger charge is -2.38. The van der Waals surface area contributed by atoms with Gasteiger partial charge in [-0.15, -0.1) is 0 Å². The van der Waals surface area contributed by atoms with Crippen LogP contribution in [0.15, 0.2) is 47.4 Å². The summed E-state index contributed by atoms with van der Waals surface area (Å²) in [5.41, 5.74) is 0.779. The molecule has 40 heavy (non-hydrogen) atoms. The number of nitrogens with one attached hydrogen (secondary N) is 2. The predicted molar refractivity (Wildman–Crippen MR) is 150 cm³/mol. The molecular weight excluding hydrogens is 516 g/mol. The first kappa shape index (κ1) is 27.6. The third-order valence-corrected chi connectivity index (χ3v) is 7.50. The first-order valence-corrected chi connectivity index (χ1v) is 13.2. The van der Waals surface area contributed by atoms with E-state index in [2.05, 4.69) is 10.3 Å². The van der Waals surface area contributed by atoms with Crippen LogP contribution in [-0.2, 0) is 12.6 Å². The quantitative estimate of drug-likeness (QED) is 0.278. The van der Waals surface area contributed by atoms with E-state index >= 15 is 0 Å². The standard InChI is InChI=1S/C31H33F2N3O4/c1-16-9-19(32)10-17(2)27(16)40-25-8-7-18(30(3,4)39)11-21(25)23-15-36(6)29(38)22-12-24(35-26(22)23)28(37)34-20-13-31(5,33)14-20/h7-12,15,20,35,39H,13-14H2,1-6H3,(H,34,37). The van der Waals surface area contributed by atoms with Crippen molar-refractivity contribution in [1.82, 2.24) is 14.9 Å². The van der Waals surface area contributed by atoms with E-state index in [1.54, 1.807) is 59.1 Å². The molecule has 2 heterocycles. The number of rotatable bonds is 6. The minimum atomic E-state index is -1.29. The Morgan fingerprint density at radius 3 is 2.40 bits per heavy atom. The van der Waals surface area contributed by atoms with Crippen LogP contribution in [0.25, 0.3) is 22.0 Å². The number of nitrogens with zero attached hydrogens (tertiary/aromatic N) is 1. The lowest BCUT2D eigenvalue weighted by Crippen LogP contribution is -2.51. The molecule has 0 aliphatic heterocycles. The van der Waals surface area contributed by atoms with Crippen LogP contribution in [0.4, 0.5) is 8.78 Å². The molecule has 7 nitrogen and oxygen atoms in total. The van der Waals surface area contributed by atoms with Gasteiger partial charge in [0, 0.05) is 43.3 Å². The van der Waals surface area contributed by atoms with Crippen molar-refractivity contribution in [3.05, 3.63) is 81.2 Å². The molecule has 3 N–H and O–H groups in total. The number of aliphatic hydroxyl groups is 1. The van der Waals surface area contributed by atoms with Gasteiger partial charge in [0.05, 0.1) is 16.5 Å².